The van der Waals surface area contributed by atoms with E-state index in [0.29, 0.717) is 35.4 Å². The SMILES string of the molecule is COCCNC(=O)c1nn(-c2cccc(OC)c2)c(=O)c2ccccc12. The van der Waals surface area contributed by atoms with Gasteiger partial charge in [-0.3, -0.25) is 9.59 Å². The second-order valence-electron chi connectivity index (χ2n) is 5.56. The highest BCUT2D eigenvalue weighted by molar-refractivity contribution is 6.04. The predicted octanol–water partition coefficient (Wildman–Crippen LogP) is 1.77. The minimum absolute atomic E-state index is 0.180. The molecule has 1 amide bonds. The van der Waals surface area contributed by atoms with Crippen molar-refractivity contribution in [3.63, 3.8) is 0 Å². The van der Waals surface area contributed by atoms with Gasteiger partial charge in [0.1, 0.15) is 5.75 Å². The first kappa shape index (κ1) is 17.6. The van der Waals surface area contributed by atoms with Crippen LogP contribution in [0.2, 0.25) is 0 Å². The summed E-state index contributed by atoms with van der Waals surface area (Å²) >= 11 is 0. The van der Waals surface area contributed by atoms with Crippen molar-refractivity contribution < 1.29 is 14.3 Å². The molecule has 2 aromatic carbocycles. The molecule has 0 spiro atoms. The molecule has 0 aliphatic heterocycles. The molecule has 3 rings (SSSR count). The number of nitrogens with zero attached hydrogens (tertiary/aromatic N) is 2. The van der Waals surface area contributed by atoms with Gasteiger partial charge >= 0.3 is 0 Å². The molecule has 0 saturated carbocycles. The molecule has 134 valence electrons. The number of methoxy groups -OCH3 is 2. The Morgan fingerprint density at radius 3 is 2.62 bits per heavy atom. The van der Waals surface area contributed by atoms with Crippen LogP contribution in [0.4, 0.5) is 0 Å². The second-order valence-corrected chi connectivity index (χ2v) is 5.56. The van der Waals surface area contributed by atoms with Crippen LogP contribution in [0, 0.1) is 0 Å². The van der Waals surface area contributed by atoms with Crippen LogP contribution in [-0.2, 0) is 4.74 Å². The number of hydrogen-bond donors (Lipinski definition) is 1. The fraction of sp³-hybridized carbons (Fsp3) is 0.211. The summed E-state index contributed by atoms with van der Waals surface area (Å²) in [6.45, 7) is 0.739. The smallest absolute Gasteiger partial charge is 0.279 e. The topological polar surface area (TPSA) is 82.4 Å². The number of carbonyl (C=O) groups excluding carboxylic acids is 1. The molecule has 1 heterocycles. The van der Waals surface area contributed by atoms with Gasteiger partial charge in [0.2, 0.25) is 0 Å². The third kappa shape index (κ3) is 3.43. The molecule has 0 unspecified atom stereocenters. The molecule has 0 radical (unpaired) electrons. The van der Waals surface area contributed by atoms with Crippen LogP contribution in [0.3, 0.4) is 0 Å². The zero-order chi connectivity index (χ0) is 18.5. The third-order valence-corrected chi connectivity index (χ3v) is 3.91. The molecule has 0 atom stereocenters. The zero-order valence-electron chi connectivity index (χ0n) is 14.6. The maximum Gasteiger partial charge on any atom is 0.279 e. The minimum Gasteiger partial charge on any atom is -0.497 e. The van der Waals surface area contributed by atoms with E-state index in [0.717, 1.165) is 0 Å². The first-order chi connectivity index (χ1) is 12.7. The van der Waals surface area contributed by atoms with E-state index in [1.54, 1.807) is 62.8 Å². The van der Waals surface area contributed by atoms with Gasteiger partial charge in [-0.1, -0.05) is 24.3 Å². The van der Waals surface area contributed by atoms with E-state index >= 15 is 0 Å². The Kier molecular flexibility index (Phi) is 5.28. The zero-order valence-corrected chi connectivity index (χ0v) is 14.6. The predicted molar refractivity (Wildman–Crippen MR) is 98.1 cm³/mol. The Hall–Kier alpha value is -3.19. The number of benzene rings is 2. The quantitative estimate of drug-likeness (QED) is 0.683. The summed E-state index contributed by atoms with van der Waals surface area (Å²) in [5.74, 6) is 0.227. The fourth-order valence-corrected chi connectivity index (χ4v) is 2.62. The van der Waals surface area contributed by atoms with Gasteiger partial charge in [-0.2, -0.15) is 9.78 Å². The highest BCUT2D eigenvalue weighted by Crippen LogP contribution is 2.18. The van der Waals surface area contributed by atoms with E-state index in [4.69, 9.17) is 9.47 Å². The van der Waals surface area contributed by atoms with Gasteiger partial charge in [0, 0.05) is 25.1 Å². The molecule has 0 saturated heterocycles. The third-order valence-electron chi connectivity index (χ3n) is 3.91. The maximum absolute atomic E-state index is 12.9. The number of hydrogen-bond acceptors (Lipinski definition) is 5. The average Bonchev–Trinajstić information content (AvgIpc) is 2.68. The highest BCUT2D eigenvalue weighted by atomic mass is 16.5. The van der Waals surface area contributed by atoms with E-state index in [1.165, 1.54) is 4.68 Å². The maximum atomic E-state index is 12.9. The van der Waals surface area contributed by atoms with Gasteiger partial charge in [-0.25, -0.2) is 0 Å². The Morgan fingerprint density at radius 2 is 1.88 bits per heavy atom. The number of aromatic nitrogens is 2. The molecule has 0 aliphatic rings. The normalized spacial score (nSPS) is 10.7. The lowest BCUT2D eigenvalue weighted by molar-refractivity contribution is 0.0932. The van der Waals surface area contributed by atoms with E-state index < -0.39 is 0 Å². The van der Waals surface area contributed by atoms with E-state index in [1.807, 2.05) is 0 Å². The summed E-state index contributed by atoms with van der Waals surface area (Å²) < 4.78 is 11.4. The van der Waals surface area contributed by atoms with Crippen molar-refractivity contribution in [1.82, 2.24) is 15.1 Å². The average molecular weight is 353 g/mol. The van der Waals surface area contributed by atoms with Gasteiger partial charge in [0.05, 0.1) is 24.8 Å². The Balaban J connectivity index is 2.16. The van der Waals surface area contributed by atoms with Gasteiger partial charge in [0.15, 0.2) is 5.69 Å². The monoisotopic (exact) mass is 353 g/mol. The van der Waals surface area contributed by atoms with E-state index in [2.05, 4.69) is 10.4 Å². The summed E-state index contributed by atoms with van der Waals surface area (Å²) in [5.41, 5.74) is 0.396. The lowest BCUT2D eigenvalue weighted by atomic mass is 10.1. The Morgan fingerprint density at radius 1 is 1.12 bits per heavy atom. The van der Waals surface area contributed by atoms with Crippen LogP contribution in [0.5, 0.6) is 5.75 Å². The van der Waals surface area contributed by atoms with Gasteiger partial charge in [-0.15, -0.1) is 0 Å². The van der Waals surface area contributed by atoms with Crippen molar-refractivity contribution in [2.45, 2.75) is 0 Å². The minimum atomic E-state index is -0.366. The van der Waals surface area contributed by atoms with Crippen molar-refractivity contribution in [2.75, 3.05) is 27.4 Å². The summed E-state index contributed by atoms with van der Waals surface area (Å²) in [5, 5.41) is 7.99. The standard InChI is InChI=1S/C19H19N3O4/c1-25-11-10-20-18(23)17-15-8-3-4-9-16(15)19(24)22(21-17)13-6-5-7-14(12-13)26-2/h3-9,12H,10-11H2,1-2H3,(H,20,23). The van der Waals surface area contributed by atoms with Crippen LogP contribution in [0.1, 0.15) is 10.5 Å². The van der Waals surface area contributed by atoms with Crippen LogP contribution in [0.15, 0.2) is 53.3 Å². The number of nitrogens with one attached hydrogen (secondary N) is 1. The second kappa shape index (κ2) is 7.79. The van der Waals surface area contributed by atoms with Crippen LogP contribution in [-0.4, -0.2) is 43.1 Å². The number of rotatable bonds is 6. The van der Waals surface area contributed by atoms with Crippen LogP contribution in [0.25, 0.3) is 16.5 Å². The molecule has 7 nitrogen and oxygen atoms in total. The number of amides is 1. The Labute approximate surface area is 150 Å². The molecule has 7 heteroatoms. The van der Waals surface area contributed by atoms with Gasteiger partial charge in [-0.05, 0) is 18.2 Å². The summed E-state index contributed by atoms with van der Waals surface area (Å²) in [6.07, 6.45) is 0. The van der Waals surface area contributed by atoms with Crippen molar-refractivity contribution >= 4 is 16.7 Å². The molecular weight excluding hydrogens is 334 g/mol. The first-order valence-corrected chi connectivity index (χ1v) is 8.09. The molecule has 0 fully saturated rings. The molecule has 1 aromatic heterocycles. The lowest BCUT2D eigenvalue weighted by Gasteiger charge is -2.12. The van der Waals surface area contributed by atoms with Crippen molar-refractivity contribution in [1.29, 1.82) is 0 Å². The lowest BCUT2D eigenvalue weighted by Crippen LogP contribution is -2.31. The molecule has 3 aromatic rings. The number of ether oxygens (including phenoxy) is 2. The summed E-state index contributed by atoms with van der Waals surface area (Å²) in [7, 11) is 3.10. The van der Waals surface area contributed by atoms with E-state index in [-0.39, 0.29) is 17.2 Å². The van der Waals surface area contributed by atoms with Crippen molar-refractivity contribution in [2.24, 2.45) is 0 Å². The van der Waals surface area contributed by atoms with E-state index in [9.17, 15) is 9.59 Å². The molecule has 0 aliphatic carbocycles. The highest BCUT2D eigenvalue weighted by Gasteiger charge is 2.17. The van der Waals surface area contributed by atoms with Crippen LogP contribution < -0.4 is 15.6 Å². The van der Waals surface area contributed by atoms with Gasteiger partial charge < -0.3 is 14.8 Å². The number of fused-ring (bicyclic) bond motifs is 1. The van der Waals surface area contributed by atoms with Crippen molar-refractivity contribution in [3.8, 4) is 11.4 Å². The first-order valence-electron chi connectivity index (χ1n) is 8.09. The molecule has 0 bridgehead atoms. The summed E-state index contributed by atoms with van der Waals surface area (Å²) in [6, 6.07) is 13.9. The molecular formula is C19H19N3O4. The molecule has 1 N–H and O–H groups in total. The fourth-order valence-electron chi connectivity index (χ4n) is 2.62. The largest absolute Gasteiger partial charge is 0.497 e. The van der Waals surface area contributed by atoms with Gasteiger partial charge in [0.25, 0.3) is 11.5 Å². The van der Waals surface area contributed by atoms with Crippen molar-refractivity contribution in [3.05, 3.63) is 64.6 Å². The summed E-state index contributed by atoms with van der Waals surface area (Å²) in [4.78, 5) is 25.5. The molecule has 26 heavy (non-hydrogen) atoms. The number of carbonyl (C=O) groups is 1. The Bertz CT molecular complexity index is 997. The van der Waals surface area contributed by atoms with Crippen LogP contribution >= 0.6 is 0 Å².